The normalized spacial score (nSPS) is 15.2. The molecular formula is C10H12FN. The van der Waals surface area contributed by atoms with Crippen LogP contribution in [0.4, 0.5) is 10.1 Å². The van der Waals surface area contributed by atoms with Crippen LogP contribution in [0, 0.1) is 12.7 Å². The number of nitrogens with one attached hydrogen (secondary N) is 1. The summed E-state index contributed by atoms with van der Waals surface area (Å²) >= 11 is 0. The lowest BCUT2D eigenvalue weighted by Crippen LogP contribution is -2.13. The molecule has 0 radical (unpaired) electrons. The first-order chi connectivity index (χ1) is 5.77. The third kappa shape index (κ3) is 1.17. The van der Waals surface area contributed by atoms with E-state index in [0.717, 1.165) is 30.6 Å². The van der Waals surface area contributed by atoms with Gasteiger partial charge in [-0.05, 0) is 43.0 Å². The SMILES string of the molecule is Cc1cc(F)cc2c1CCCN2. The van der Waals surface area contributed by atoms with Crippen LogP contribution >= 0.6 is 0 Å². The number of rotatable bonds is 0. The van der Waals surface area contributed by atoms with E-state index in [1.807, 2.05) is 6.92 Å². The minimum atomic E-state index is -0.138. The highest BCUT2D eigenvalue weighted by Crippen LogP contribution is 2.25. The van der Waals surface area contributed by atoms with E-state index in [2.05, 4.69) is 5.32 Å². The highest BCUT2D eigenvalue weighted by molar-refractivity contribution is 5.56. The Kier molecular flexibility index (Phi) is 1.75. The molecule has 0 amide bonds. The number of aryl methyl sites for hydroxylation is 1. The summed E-state index contributed by atoms with van der Waals surface area (Å²) in [5.74, 6) is -0.138. The summed E-state index contributed by atoms with van der Waals surface area (Å²) in [5, 5.41) is 3.20. The van der Waals surface area contributed by atoms with E-state index in [4.69, 9.17) is 0 Å². The molecule has 1 heterocycles. The van der Waals surface area contributed by atoms with E-state index in [0.29, 0.717) is 0 Å². The summed E-state index contributed by atoms with van der Waals surface area (Å²) in [4.78, 5) is 0. The van der Waals surface area contributed by atoms with Gasteiger partial charge in [0.1, 0.15) is 5.82 Å². The van der Waals surface area contributed by atoms with Gasteiger partial charge >= 0.3 is 0 Å². The van der Waals surface area contributed by atoms with Crippen molar-refractivity contribution in [2.24, 2.45) is 0 Å². The summed E-state index contributed by atoms with van der Waals surface area (Å²) < 4.78 is 12.9. The largest absolute Gasteiger partial charge is 0.385 e. The average Bonchev–Trinajstić information content (AvgIpc) is 2.04. The summed E-state index contributed by atoms with van der Waals surface area (Å²) in [6.45, 7) is 2.94. The number of anilines is 1. The van der Waals surface area contributed by atoms with E-state index >= 15 is 0 Å². The Morgan fingerprint density at radius 2 is 2.25 bits per heavy atom. The van der Waals surface area contributed by atoms with Gasteiger partial charge < -0.3 is 5.32 Å². The van der Waals surface area contributed by atoms with Crippen LogP contribution in [0.1, 0.15) is 17.5 Å². The van der Waals surface area contributed by atoms with Crippen molar-refractivity contribution in [1.82, 2.24) is 0 Å². The van der Waals surface area contributed by atoms with Gasteiger partial charge in [-0.3, -0.25) is 0 Å². The Hall–Kier alpha value is -1.05. The van der Waals surface area contributed by atoms with Gasteiger partial charge in [-0.15, -0.1) is 0 Å². The number of hydrogen-bond donors (Lipinski definition) is 1. The Bertz CT molecular complexity index is 307. The fraction of sp³-hybridized carbons (Fsp3) is 0.400. The van der Waals surface area contributed by atoms with Gasteiger partial charge in [0.2, 0.25) is 0 Å². The van der Waals surface area contributed by atoms with Crippen LogP contribution < -0.4 is 5.32 Å². The predicted octanol–water partition coefficient (Wildman–Crippen LogP) is 2.49. The molecule has 1 N–H and O–H groups in total. The summed E-state index contributed by atoms with van der Waals surface area (Å²) in [7, 11) is 0. The molecule has 0 aliphatic carbocycles. The topological polar surface area (TPSA) is 12.0 Å². The summed E-state index contributed by atoms with van der Waals surface area (Å²) in [6.07, 6.45) is 2.23. The zero-order chi connectivity index (χ0) is 8.55. The zero-order valence-electron chi connectivity index (χ0n) is 7.15. The Morgan fingerprint density at radius 1 is 1.42 bits per heavy atom. The number of fused-ring (bicyclic) bond motifs is 1. The third-order valence-electron chi connectivity index (χ3n) is 2.36. The van der Waals surface area contributed by atoms with E-state index < -0.39 is 0 Å². The molecule has 0 unspecified atom stereocenters. The fourth-order valence-corrected chi connectivity index (χ4v) is 1.75. The molecule has 0 fully saturated rings. The number of halogens is 1. The highest BCUT2D eigenvalue weighted by Gasteiger charge is 2.11. The molecule has 2 heteroatoms. The lowest BCUT2D eigenvalue weighted by atomic mass is 9.98. The third-order valence-corrected chi connectivity index (χ3v) is 2.36. The maximum Gasteiger partial charge on any atom is 0.125 e. The Morgan fingerprint density at radius 3 is 3.08 bits per heavy atom. The van der Waals surface area contributed by atoms with E-state index in [1.165, 1.54) is 5.56 Å². The van der Waals surface area contributed by atoms with Crippen LogP contribution in [0.15, 0.2) is 12.1 Å². The average molecular weight is 165 g/mol. The molecule has 64 valence electrons. The van der Waals surface area contributed by atoms with Crippen molar-refractivity contribution in [2.45, 2.75) is 19.8 Å². The number of benzene rings is 1. The molecule has 0 atom stereocenters. The molecule has 1 aromatic rings. The second-order valence-corrected chi connectivity index (χ2v) is 3.28. The smallest absolute Gasteiger partial charge is 0.125 e. The maximum atomic E-state index is 12.9. The van der Waals surface area contributed by atoms with Gasteiger partial charge in [-0.1, -0.05) is 0 Å². The molecule has 0 bridgehead atoms. The Balaban J connectivity index is 2.53. The van der Waals surface area contributed by atoms with Gasteiger partial charge in [-0.25, -0.2) is 4.39 Å². The molecule has 12 heavy (non-hydrogen) atoms. The highest BCUT2D eigenvalue weighted by atomic mass is 19.1. The molecule has 0 saturated heterocycles. The molecular weight excluding hydrogens is 153 g/mol. The van der Waals surface area contributed by atoms with E-state index in [-0.39, 0.29) is 5.82 Å². The first-order valence-corrected chi connectivity index (χ1v) is 4.30. The summed E-state index contributed by atoms with van der Waals surface area (Å²) in [6, 6.07) is 3.19. The van der Waals surface area contributed by atoms with Crippen molar-refractivity contribution in [3.05, 3.63) is 29.1 Å². The molecule has 1 aliphatic heterocycles. The van der Waals surface area contributed by atoms with Gasteiger partial charge in [-0.2, -0.15) is 0 Å². The van der Waals surface area contributed by atoms with Crippen molar-refractivity contribution in [3.63, 3.8) is 0 Å². The van der Waals surface area contributed by atoms with Crippen LogP contribution in [0.3, 0.4) is 0 Å². The maximum absolute atomic E-state index is 12.9. The van der Waals surface area contributed by atoms with Crippen LogP contribution in [0.25, 0.3) is 0 Å². The van der Waals surface area contributed by atoms with Gasteiger partial charge in [0.15, 0.2) is 0 Å². The standard InChI is InChI=1S/C10H12FN/c1-7-5-8(11)6-10-9(7)3-2-4-12-10/h5-6,12H,2-4H2,1H3. The molecule has 0 spiro atoms. The second kappa shape index (κ2) is 2.77. The van der Waals surface area contributed by atoms with Gasteiger partial charge in [0.05, 0.1) is 0 Å². The van der Waals surface area contributed by atoms with Crippen LogP contribution in [-0.4, -0.2) is 6.54 Å². The number of hydrogen-bond acceptors (Lipinski definition) is 1. The van der Waals surface area contributed by atoms with Gasteiger partial charge in [0.25, 0.3) is 0 Å². The molecule has 2 rings (SSSR count). The van der Waals surface area contributed by atoms with Crippen molar-refractivity contribution in [2.75, 3.05) is 11.9 Å². The minimum Gasteiger partial charge on any atom is -0.385 e. The minimum absolute atomic E-state index is 0.138. The van der Waals surface area contributed by atoms with Crippen LogP contribution in [0.2, 0.25) is 0 Å². The van der Waals surface area contributed by atoms with Crippen molar-refractivity contribution < 1.29 is 4.39 Å². The van der Waals surface area contributed by atoms with Crippen molar-refractivity contribution >= 4 is 5.69 Å². The first-order valence-electron chi connectivity index (χ1n) is 4.30. The second-order valence-electron chi connectivity index (χ2n) is 3.28. The zero-order valence-corrected chi connectivity index (χ0v) is 7.15. The van der Waals surface area contributed by atoms with Crippen molar-refractivity contribution in [3.8, 4) is 0 Å². The molecule has 0 saturated carbocycles. The molecule has 1 nitrogen and oxygen atoms in total. The summed E-state index contributed by atoms with van der Waals surface area (Å²) in [5.41, 5.74) is 3.33. The quantitative estimate of drug-likeness (QED) is 0.622. The van der Waals surface area contributed by atoms with E-state index in [1.54, 1.807) is 12.1 Å². The van der Waals surface area contributed by atoms with Crippen molar-refractivity contribution in [1.29, 1.82) is 0 Å². The fourth-order valence-electron chi connectivity index (χ4n) is 1.75. The first kappa shape index (κ1) is 7.59. The van der Waals surface area contributed by atoms with Crippen LogP contribution in [-0.2, 0) is 6.42 Å². The van der Waals surface area contributed by atoms with E-state index in [9.17, 15) is 4.39 Å². The van der Waals surface area contributed by atoms with Crippen LogP contribution in [0.5, 0.6) is 0 Å². The lowest BCUT2D eigenvalue weighted by Gasteiger charge is -2.19. The monoisotopic (exact) mass is 165 g/mol. The lowest BCUT2D eigenvalue weighted by molar-refractivity contribution is 0.624. The molecule has 0 aromatic heterocycles. The predicted molar refractivity (Wildman–Crippen MR) is 47.9 cm³/mol. The molecule has 1 aromatic carbocycles. The Labute approximate surface area is 71.6 Å². The molecule has 1 aliphatic rings. The van der Waals surface area contributed by atoms with Gasteiger partial charge in [0, 0.05) is 12.2 Å².